The van der Waals surface area contributed by atoms with Crippen molar-refractivity contribution in [3.8, 4) is 11.3 Å². The van der Waals surface area contributed by atoms with Crippen molar-refractivity contribution in [2.24, 2.45) is 7.05 Å². The molecule has 0 bridgehead atoms. The number of hydrogen-bond acceptors (Lipinski definition) is 3. The number of aromatic nitrogens is 4. The molecule has 0 N–H and O–H groups in total. The van der Waals surface area contributed by atoms with Gasteiger partial charge in [-0.1, -0.05) is 17.7 Å². The fourth-order valence-corrected chi connectivity index (χ4v) is 3.60. The SMILES string of the molecule is Cc1cc(C)c(C)c(-c2c3c(nc[n+]2C)C(c2ncccn2)=CC3)c1. The second kappa shape index (κ2) is 5.88. The van der Waals surface area contributed by atoms with Crippen molar-refractivity contribution in [1.29, 1.82) is 0 Å². The van der Waals surface area contributed by atoms with Gasteiger partial charge in [-0.15, -0.1) is 0 Å². The predicted octanol–water partition coefficient (Wildman–Crippen LogP) is 3.28. The molecule has 0 amide bonds. The van der Waals surface area contributed by atoms with Gasteiger partial charge in [0.15, 0.2) is 11.5 Å². The minimum atomic E-state index is 0.741. The summed E-state index contributed by atoms with van der Waals surface area (Å²) in [7, 11) is 2.07. The highest BCUT2D eigenvalue weighted by Gasteiger charge is 2.30. The summed E-state index contributed by atoms with van der Waals surface area (Å²) in [4.78, 5) is 13.5. The molecule has 0 saturated heterocycles. The summed E-state index contributed by atoms with van der Waals surface area (Å²) in [6.07, 6.45) is 8.49. The van der Waals surface area contributed by atoms with E-state index in [1.807, 2.05) is 12.4 Å². The summed E-state index contributed by atoms with van der Waals surface area (Å²) in [6, 6.07) is 6.35. The zero-order valence-electron chi connectivity index (χ0n) is 15.0. The van der Waals surface area contributed by atoms with Gasteiger partial charge < -0.3 is 0 Å². The maximum atomic E-state index is 4.69. The van der Waals surface area contributed by atoms with Crippen LogP contribution in [0.2, 0.25) is 0 Å². The molecule has 0 radical (unpaired) electrons. The van der Waals surface area contributed by atoms with Gasteiger partial charge in [0, 0.05) is 24.4 Å². The Kier molecular flexibility index (Phi) is 3.68. The predicted molar refractivity (Wildman–Crippen MR) is 97.9 cm³/mol. The summed E-state index contributed by atoms with van der Waals surface area (Å²) >= 11 is 0. The number of allylic oxidation sites excluding steroid dienone is 1. The Morgan fingerprint density at radius 1 is 1.00 bits per heavy atom. The quantitative estimate of drug-likeness (QED) is 0.678. The summed E-state index contributed by atoms with van der Waals surface area (Å²) in [5, 5.41) is 0. The lowest BCUT2D eigenvalue weighted by Crippen LogP contribution is -2.33. The molecular weight excluding hydrogens is 308 g/mol. The van der Waals surface area contributed by atoms with Gasteiger partial charge in [-0.05, 0) is 49.0 Å². The zero-order chi connectivity index (χ0) is 17.6. The first-order chi connectivity index (χ1) is 12.1. The molecule has 4 nitrogen and oxygen atoms in total. The van der Waals surface area contributed by atoms with E-state index >= 15 is 0 Å². The molecule has 1 aromatic carbocycles. The standard InChI is InChI=1S/C21H21N4/c1-13-10-14(2)15(3)18(11-13)20-16-6-7-17(19(16)24-12-25(20)4)21-22-8-5-9-23-21/h5,7-12H,6H2,1-4H3/q+1. The van der Waals surface area contributed by atoms with E-state index in [-0.39, 0.29) is 0 Å². The molecule has 124 valence electrons. The van der Waals surface area contributed by atoms with E-state index in [0.29, 0.717) is 0 Å². The lowest BCUT2D eigenvalue weighted by molar-refractivity contribution is -0.663. The molecule has 0 unspecified atom stereocenters. The minimum absolute atomic E-state index is 0.741. The van der Waals surface area contributed by atoms with Crippen molar-refractivity contribution in [1.82, 2.24) is 15.0 Å². The van der Waals surface area contributed by atoms with Gasteiger partial charge in [0.25, 0.3) is 6.33 Å². The summed E-state index contributed by atoms with van der Waals surface area (Å²) in [5.41, 5.74) is 9.70. The highest BCUT2D eigenvalue weighted by Crippen LogP contribution is 2.35. The van der Waals surface area contributed by atoms with Crippen LogP contribution in [-0.2, 0) is 13.5 Å². The second-order valence-corrected chi connectivity index (χ2v) is 6.68. The van der Waals surface area contributed by atoms with E-state index in [2.05, 4.69) is 60.6 Å². The Bertz CT molecular complexity index is 1000. The Morgan fingerprint density at radius 2 is 1.76 bits per heavy atom. The maximum Gasteiger partial charge on any atom is 0.287 e. The van der Waals surface area contributed by atoms with Crippen molar-refractivity contribution < 1.29 is 4.57 Å². The van der Waals surface area contributed by atoms with Gasteiger partial charge >= 0.3 is 0 Å². The lowest BCUT2D eigenvalue weighted by Gasteiger charge is -2.13. The maximum absolute atomic E-state index is 4.69. The van der Waals surface area contributed by atoms with Crippen LogP contribution in [0.25, 0.3) is 16.8 Å². The smallest absolute Gasteiger partial charge is 0.236 e. The van der Waals surface area contributed by atoms with E-state index in [1.165, 1.54) is 33.5 Å². The van der Waals surface area contributed by atoms with Gasteiger partial charge in [0.1, 0.15) is 5.69 Å². The highest BCUT2D eigenvalue weighted by molar-refractivity contribution is 5.83. The largest absolute Gasteiger partial charge is 0.287 e. The molecule has 1 aliphatic carbocycles. The zero-order valence-corrected chi connectivity index (χ0v) is 15.0. The summed E-state index contributed by atoms with van der Waals surface area (Å²) in [5.74, 6) is 0.741. The molecule has 0 atom stereocenters. The van der Waals surface area contributed by atoms with Crippen molar-refractivity contribution in [2.75, 3.05) is 0 Å². The van der Waals surface area contributed by atoms with E-state index in [1.54, 1.807) is 12.4 Å². The molecule has 2 heterocycles. The molecule has 2 aromatic heterocycles. The third-order valence-electron chi connectivity index (χ3n) is 4.92. The fourth-order valence-electron chi connectivity index (χ4n) is 3.60. The molecule has 25 heavy (non-hydrogen) atoms. The molecule has 4 heteroatoms. The third-order valence-corrected chi connectivity index (χ3v) is 4.92. The van der Waals surface area contributed by atoms with Gasteiger partial charge in [-0.3, -0.25) is 0 Å². The normalized spacial score (nSPS) is 12.9. The van der Waals surface area contributed by atoms with Crippen molar-refractivity contribution >= 4 is 5.57 Å². The van der Waals surface area contributed by atoms with E-state index in [9.17, 15) is 0 Å². The molecule has 0 saturated carbocycles. The van der Waals surface area contributed by atoms with Crippen LogP contribution in [-0.4, -0.2) is 15.0 Å². The average molecular weight is 329 g/mol. The number of aryl methyl sites for hydroxylation is 3. The van der Waals surface area contributed by atoms with Crippen molar-refractivity contribution in [2.45, 2.75) is 27.2 Å². The van der Waals surface area contributed by atoms with E-state index < -0.39 is 0 Å². The van der Waals surface area contributed by atoms with Crippen LogP contribution in [0.3, 0.4) is 0 Å². The van der Waals surface area contributed by atoms with Crippen LogP contribution in [0.15, 0.2) is 43.0 Å². The second-order valence-electron chi connectivity index (χ2n) is 6.68. The monoisotopic (exact) mass is 329 g/mol. The van der Waals surface area contributed by atoms with E-state index in [4.69, 9.17) is 4.98 Å². The lowest BCUT2D eigenvalue weighted by atomic mass is 9.94. The van der Waals surface area contributed by atoms with Gasteiger partial charge in [0.2, 0.25) is 0 Å². The first kappa shape index (κ1) is 15.6. The van der Waals surface area contributed by atoms with E-state index in [0.717, 1.165) is 23.5 Å². The van der Waals surface area contributed by atoms with Crippen LogP contribution in [0.5, 0.6) is 0 Å². The van der Waals surface area contributed by atoms with Gasteiger partial charge in [-0.25, -0.2) is 14.5 Å². The number of benzene rings is 1. The highest BCUT2D eigenvalue weighted by atomic mass is 15.0. The summed E-state index contributed by atoms with van der Waals surface area (Å²) < 4.78 is 2.13. The molecule has 4 rings (SSSR count). The first-order valence-electron chi connectivity index (χ1n) is 8.50. The number of fused-ring (bicyclic) bond motifs is 1. The molecular formula is C21H21N4+. The van der Waals surface area contributed by atoms with Crippen LogP contribution >= 0.6 is 0 Å². The molecule has 1 aliphatic rings. The van der Waals surface area contributed by atoms with Gasteiger partial charge in [-0.2, -0.15) is 0 Å². The number of nitrogens with zero attached hydrogens (tertiary/aromatic N) is 4. The summed E-state index contributed by atoms with van der Waals surface area (Å²) in [6.45, 7) is 6.52. The van der Waals surface area contributed by atoms with Crippen LogP contribution < -0.4 is 4.57 Å². The Morgan fingerprint density at radius 3 is 2.52 bits per heavy atom. The number of hydrogen-bond donors (Lipinski definition) is 0. The first-order valence-corrected chi connectivity index (χ1v) is 8.50. The Labute approximate surface area is 147 Å². The van der Waals surface area contributed by atoms with Crippen molar-refractivity contribution in [3.63, 3.8) is 0 Å². The molecule has 0 spiro atoms. The third kappa shape index (κ3) is 2.54. The van der Waals surface area contributed by atoms with Crippen LogP contribution in [0.4, 0.5) is 0 Å². The molecule has 3 aromatic rings. The Hall–Kier alpha value is -2.88. The van der Waals surface area contributed by atoms with Crippen molar-refractivity contribution in [3.05, 3.63) is 76.8 Å². The minimum Gasteiger partial charge on any atom is -0.236 e. The molecule has 0 aliphatic heterocycles. The topological polar surface area (TPSA) is 42.5 Å². The van der Waals surface area contributed by atoms with Crippen LogP contribution in [0.1, 0.15) is 33.8 Å². The fraction of sp³-hybridized carbons (Fsp3) is 0.238. The van der Waals surface area contributed by atoms with Crippen LogP contribution in [0, 0.1) is 20.8 Å². The average Bonchev–Trinajstić information content (AvgIpc) is 3.03. The Balaban J connectivity index is 1.93. The number of rotatable bonds is 2. The van der Waals surface area contributed by atoms with Gasteiger partial charge in [0.05, 0.1) is 18.2 Å². The molecule has 0 fully saturated rings.